The molecule has 1 saturated heterocycles. The summed E-state index contributed by atoms with van der Waals surface area (Å²) in [7, 11) is 0. The maximum absolute atomic E-state index is 12.9. The van der Waals surface area contributed by atoms with Gasteiger partial charge < -0.3 is 26.0 Å². The number of halogens is 3. The van der Waals surface area contributed by atoms with Crippen LogP contribution in [0.25, 0.3) is 0 Å². The van der Waals surface area contributed by atoms with Crippen LogP contribution in [0, 0.1) is 5.92 Å². The van der Waals surface area contributed by atoms with E-state index in [1.807, 2.05) is 0 Å². The normalized spacial score (nSPS) is 18.7. The van der Waals surface area contributed by atoms with E-state index in [-0.39, 0.29) is 24.2 Å². The van der Waals surface area contributed by atoms with Crippen LogP contribution in [0.15, 0.2) is 24.5 Å². The van der Waals surface area contributed by atoms with Crippen molar-refractivity contribution in [3.63, 3.8) is 0 Å². The summed E-state index contributed by atoms with van der Waals surface area (Å²) in [6.07, 6.45) is 1.47. The lowest BCUT2D eigenvalue weighted by atomic mass is 9.96. The molecule has 38 heavy (non-hydrogen) atoms. The van der Waals surface area contributed by atoms with E-state index in [9.17, 15) is 27.9 Å². The van der Waals surface area contributed by atoms with Crippen molar-refractivity contribution in [2.45, 2.75) is 50.7 Å². The molecule has 0 aromatic carbocycles. The van der Waals surface area contributed by atoms with Crippen LogP contribution in [-0.4, -0.2) is 75.6 Å². The highest BCUT2D eigenvalue weighted by atomic mass is 19.4. The first-order chi connectivity index (χ1) is 18.2. The van der Waals surface area contributed by atoms with Crippen LogP contribution in [0.4, 0.5) is 24.8 Å². The van der Waals surface area contributed by atoms with Gasteiger partial charge >= 0.3 is 12.1 Å². The van der Waals surface area contributed by atoms with Crippen molar-refractivity contribution in [1.29, 1.82) is 0 Å². The first-order valence-corrected chi connectivity index (χ1v) is 12.8. The van der Waals surface area contributed by atoms with E-state index in [0.717, 1.165) is 63.3 Å². The van der Waals surface area contributed by atoms with Gasteiger partial charge in [0.25, 0.3) is 0 Å². The summed E-state index contributed by atoms with van der Waals surface area (Å²) in [6, 6.07) is 3.50. The lowest BCUT2D eigenvalue weighted by Gasteiger charge is -2.32. The van der Waals surface area contributed by atoms with Gasteiger partial charge in [0.1, 0.15) is 29.7 Å². The molecular weight excluding hydrogens is 503 g/mol. The molecule has 2 atom stereocenters. The number of pyridine rings is 1. The third-order valence-electron chi connectivity index (χ3n) is 6.79. The molecule has 0 radical (unpaired) electrons. The fourth-order valence-corrected chi connectivity index (χ4v) is 4.78. The second-order valence-corrected chi connectivity index (χ2v) is 9.65. The number of rotatable bonds is 10. The van der Waals surface area contributed by atoms with Crippen molar-refractivity contribution >= 4 is 23.5 Å². The summed E-state index contributed by atoms with van der Waals surface area (Å²) in [5, 5.41) is 17.9. The Morgan fingerprint density at radius 1 is 1.24 bits per heavy atom. The largest absolute Gasteiger partial charge is 0.480 e. The number of carbonyl (C=O) groups excluding carboxylic acids is 1. The number of aromatic nitrogens is 3. The Kier molecular flexibility index (Phi) is 8.97. The SMILES string of the molecule is O=C(NC[C@H](Nc1cc(C(F)(F)F)ncn1)C(=O)O)[C@@H]1CCCN(CCCc2ccc3c(n2)NCCC3)C1. The molecule has 4 rings (SSSR count). The van der Waals surface area contributed by atoms with Crippen molar-refractivity contribution in [3.05, 3.63) is 41.5 Å². The lowest BCUT2D eigenvalue weighted by Crippen LogP contribution is -2.47. The van der Waals surface area contributed by atoms with Gasteiger partial charge in [-0.2, -0.15) is 13.2 Å². The second-order valence-electron chi connectivity index (χ2n) is 9.65. The second kappa shape index (κ2) is 12.4. The lowest BCUT2D eigenvalue weighted by molar-refractivity contribution is -0.141. The van der Waals surface area contributed by atoms with Crippen LogP contribution < -0.4 is 16.0 Å². The number of amides is 1. The number of fused-ring (bicyclic) bond motifs is 1. The quantitative estimate of drug-likeness (QED) is 0.362. The Balaban J connectivity index is 1.23. The molecule has 206 valence electrons. The highest BCUT2D eigenvalue weighted by Gasteiger charge is 2.33. The molecule has 2 aliphatic heterocycles. The van der Waals surface area contributed by atoms with E-state index in [1.54, 1.807) is 0 Å². The number of carbonyl (C=O) groups is 2. The van der Waals surface area contributed by atoms with Gasteiger partial charge in [0.05, 0.1) is 5.92 Å². The molecule has 4 heterocycles. The van der Waals surface area contributed by atoms with Crippen molar-refractivity contribution < 1.29 is 27.9 Å². The summed E-state index contributed by atoms with van der Waals surface area (Å²) in [4.78, 5) is 38.2. The summed E-state index contributed by atoms with van der Waals surface area (Å²) < 4.78 is 38.6. The number of piperidine rings is 1. The fraction of sp³-hybridized carbons (Fsp3) is 0.560. The highest BCUT2D eigenvalue weighted by molar-refractivity contribution is 5.81. The number of nitrogens with one attached hydrogen (secondary N) is 3. The van der Waals surface area contributed by atoms with Crippen LogP contribution >= 0.6 is 0 Å². The predicted molar refractivity (Wildman–Crippen MR) is 134 cm³/mol. The minimum atomic E-state index is -4.69. The van der Waals surface area contributed by atoms with Gasteiger partial charge in [-0.05, 0) is 63.2 Å². The average Bonchev–Trinajstić information content (AvgIpc) is 2.90. The van der Waals surface area contributed by atoms with Gasteiger partial charge in [-0.15, -0.1) is 0 Å². The van der Waals surface area contributed by atoms with E-state index < -0.39 is 23.9 Å². The van der Waals surface area contributed by atoms with E-state index in [1.165, 1.54) is 5.56 Å². The molecule has 0 unspecified atom stereocenters. The van der Waals surface area contributed by atoms with Crippen molar-refractivity contribution in [1.82, 2.24) is 25.2 Å². The number of nitrogens with zero attached hydrogens (tertiary/aromatic N) is 4. The van der Waals surface area contributed by atoms with Gasteiger partial charge in [-0.1, -0.05) is 6.07 Å². The molecule has 2 aliphatic rings. The number of hydrogen-bond donors (Lipinski definition) is 4. The Morgan fingerprint density at radius 3 is 2.87 bits per heavy atom. The molecule has 10 nitrogen and oxygen atoms in total. The highest BCUT2D eigenvalue weighted by Crippen LogP contribution is 2.28. The van der Waals surface area contributed by atoms with E-state index in [4.69, 9.17) is 4.98 Å². The molecule has 0 bridgehead atoms. The number of carboxylic acids is 1. The summed E-state index contributed by atoms with van der Waals surface area (Å²) >= 11 is 0. The molecule has 2 aromatic rings. The number of aryl methyl sites for hydroxylation is 2. The third-order valence-corrected chi connectivity index (χ3v) is 6.79. The standard InChI is InChI=1S/C25H32F3N7O3/c26-25(27,28)20-12-21(32-15-31-20)34-19(24(37)38)13-30-23(36)17-5-2-10-35(14-17)11-3-6-18-8-7-16-4-1-9-29-22(16)33-18/h7-8,12,15,17,19H,1-6,9-11,13-14H2,(H,29,33)(H,30,36)(H,37,38)(H,31,32,34)/t17-,19+/m1/s1. The molecule has 1 fully saturated rings. The number of alkyl halides is 3. The molecule has 4 N–H and O–H groups in total. The fourth-order valence-electron chi connectivity index (χ4n) is 4.78. The van der Waals surface area contributed by atoms with Crippen molar-refractivity contribution in [3.8, 4) is 0 Å². The van der Waals surface area contributed by atoms with E-state index in [0.29, 0.717) is 25.4 Å². The van der Waals surface area contributed by atoms with Crippen LogP contribution in [0.2, 0.25) is 0 Å². The van der Waals surface area contributed by atoms with Crippen molar-refractivity contribution in [2.75, 3.05) is 43.4 Å². The van der Waals surface area contributed by atoms with Gasteiger partial charge in [0.2, 0.25) is 5.91 Å². The Hall–Kier alpha value is -3.48. The summed E-state index contributed by atoms with van der Waals surface area (Å²) in [6.45, 7) is 2.93. The topological polar surface area (TPSA) is 132 Å². The third kappa shape index (κ3) is 7.53. The minimum Gasteiger partial charge on any atom is -0.480 e. The Morgan fingerprint density at radius 2 is 2.08 bits per heavy atom. The van der Waals surface area contributed by atoms with Crippen LogP contribution in [-0.2, 0) is 28.6 Å². The summed E-state index contributed by atoms with van der Waals surface area (Å²) in [5.41, 5.74) is 1.11. The van der Waals surface area contributed by atoms with E-state index in [2.05, 4.69) is 43.0 Å². The van der Waals surface area contributed by atoms with Crippen LogP contribution in [0.3, 0.4) is 0 Å². The smallest absolute Gasteiger partial charge is 0.433 e. The Labute approximate surface area is 218 Å². The van der Waals surface area contributed by atoms with Gasteiger partial charge in [-0.3, -0.25) is 4.79 Å². The minimum absolute atomic E-state index is 0.274. The van der Waals surface area contributed by atoms with Crippen LogP contribution in [0.1, 0.15) is 42.6 Å². The van der Waals surface area contributed by atoms with Crippen LogP contribution in [0.5, 0.6) is 0 Å². The maximum Gasteiger partial charge on any atom is 0.433 e. The Bertz CT molecular complexity index is 1130. The zero-order chi connectivity index (χ0) is 27.1. The first kappa shape index (κ1) is 27.6. The molecule has 1 amide bonds. The van der Waals surface area contributed by atoms with Gasteiger partial charge in [-0.25, -0.2) is 19.7 Å². The molecular formula is C25H32F3N7O3. The van der Waals surface area contributed by atoms with E-state index >= 15 is 0 Å². The summed E-state index contributed by atoms with van der Waals surface area (Å²) in [5.74, 6) is -1.20. The molecule has 0 saturated carbocycles. The predicted octanol–water partition coefficient (Wildman–Crippen LogP) is 2.57. The number of hydrogen-bond acceptors (Lipinski definition) is 8. The zero-order valence-electron chi connectivity index (χ0n) is 20.9. The number of anilines is 2. The molecule has 13 heteroatoms. The molecule has 0 aliphatic carbocycles. The maximum atomic E-state index is 12.9. The van der Waals surface area contributed by atoms with Gasteiger partial charge in [0, 0.05) is 31.4 Å². The monoisotopic (exact) mass is 535 g/mol. The van der Waals surface area contributed by atoms with Gasteiger partial charge in [0.15, 0.2) is 0 Å². The number of carboxylic acid groups (broad SMARTS) is 1. The number of likely N-dealkylation sites (tertiary alicyclic amines) is 1. The zero-order valence-corrected chi connectivity index (χ0v) is 20.9. The number of aliphatic carboxylic acids is 1. The van der Waals surface area contributed by atoms with Crippen molar-refractivity contribution in [2.24, 2.45) is 5.92 Å². The average molecular weight is 536 g/mol. The molecule has 2 aromatic heterocycles. The first-order valence-electron chi connectivity index (χ1n) is 12.8. The molecule has 0 spiro atoms.